The molecule has 0 atom stereocenters. The Kier molecular flexibility index (Phi) is 6.26. The number of likely N-dealkylation sites (N-methyl/N-ethyl adjacent to an activating group) is 1. The minimum atomic E-state index is -1.03. The molecule has 0 aliphatic rings. The van der Waals surface area contributed by atoms with Gasteiger partial charge in [-0.25, -0.2) is 4.79 Å². The van der Waals surface area contributed by atoms with Crippen molar-refractivity contribution < 1.29 is 24.2 Å². The van der Waals surface area contributed by atoms with Gasteiger partial charge in [-0.1, -0.05) is 6.07 Å². The van der Waals surface area contributed by atoms with Crippen LogP contribution in [0.15, 0.2) is 24.3 Å². The number of carboxylic acid groups (broad SMARTS) is 1. The van der Waals surface area contributed by atoms with Crippen molar-refractivity contribution in [3.05, 3.63) is 29.8 Å². The van der Waals surface area contributed by atoms with Crippen molar-refractivity contribution in [3.63, 3.8) is 0 Å². The third-order valence-corrected chi connectivity index (χ3v) is 2.86. The Morgan fingerprint density at radius 3 is 2.62 bits per heavy atom. The van der Waals surface area contributed by atoms with Gasteiger partial charge in [-0.3, -0.25) is 4.79 Å². The molecular weight excluding hydrogens is 274 g/mol. The van der Waals surface area contributed by atoms with Gasteiger partial charge in [-0.2, -0.15) is 0 Å². The predicted molar refractivity (Wildman–Crippen MR) is 78.5 cm³/mol. The first-order valence-corrected chi connectivity index (χ1v) is 6.43. The molecule has 0 unspecified atom stereocenters. The van der Waals surface area contributed by atoms with Crippen molar-refractivity contribution in [1.29, 1.82) is 0 Å². The standard InChI is InChI=1S/C15H19NO5/c1-4-16(2)14(17)10-21-12-7-5-11(6-8-15(18)19)9-13(12)20-3/h5-9H,4,10H2,1-3H3,(H,18,19)/b8-6+. The maximum Gasteiger partial charge on any atom is 0.328 e. The highest BCUT2D eigenvalue weighted by Crippen LogP contribution is 2.28. The quantitative estimate of drug-likeness (QED) is 0.774. The van der Waals surface area contributed by atoms with Gasteiger partial charge in [0, 0.05) is 19.7 Å². The zero-order valence-electron chi connectivity index (χ0n) is 12.3. The number of benzene rings is 1. The molecule has 0 aliphatic heterocycles. The van der Waals surface area contributed by atoms with Crippen LogP contribution in [0.25, 0.3) is 6.08 Å². The number of methoxy groups -OCH3 is 1. The second-order valence-corrected chi connectivity index (χ2v) is 4.28. The first-order chi connectivity index (χ1) is 9.97. The van der Waals surface area contributed by atoms with Gasteiger partial charge in [0.25, 0.3) is 5.91 Å². The van der Waals surface area contributed by atoms with Crippen molar-refractivity contribution in [2.45, 2.75) is 6.92 Å². The zero-order chi connectivity index (χ0) is 15.8. The lowest BCUT2D eigenvalue weighted by atomic mass is 10.2. The Morgan fingerprint density at radius 2 is 2.05 bits per heavy atom. The van der Waals surface area contributed by atoms with E-state index in [1.807, 2.05) is 6.92 Å². The number of rotatable bonds is 7. The van der Waals surface area contributed by atoms with E-state index in [1.165, 1.54) is 13.2 Å². The lowest BCUT2D eigenvalue weighted by Crippen LogP contribution is -2.31. The monoisotopic (exact) mass is 293 g/mol. The molecule has 0 aromatic heterocycles. The molecule has 0 spiro atoms. The van der Waals surface area contributed by atoms with Crippen LogP contribution < -0.4 is 9.47 Å². The molecule has 0 bridgehead atoms. The molecular formula is C15H19NO5. The van der Waals surface area contributed by atoms with E-state index in [0.717, 1.165) is 6.08 Å². The lowest BCUT2D eigenvalue weighted by molar-refractivity contribution is -0.132. The molecule has 1 aromatic rings. The summed E-state index contributed by atoms with van der Waals surface area (Å²) in [7, 11) is 3.18. The molecule has 0 fully saturated rings. The second-order valence-electron chi connectivity index (χ2n) is 4.28. The largest absolute Gasteiger partial charge is 0.493 e. The molecule has 0 heterocycles. The summed E-state index contributed by atoms with van der Waals surface area (Å²) >= 11 is 0. The number of nitrogens with zero attached hydrogens (tertiary/aromatic N) is 1. The highest BCUT2D eigenvalue weighted by Gasteiger charge is 2.10. The van der Waals surface area contributed by atoms with E-state index in [1.54, 1.807) is 30.1 Å². The summed E-state index contributed by atoms with van der Waals surface area (Å²) in [5.74, 6) is -0.283. The maximum absolute atomic E-state index is 11.7. The average molecular weight is 293 g/mol. The third kappa shape index (κ3) is 5.18. The first kappa shape index (κ1) is 16.6. The van der Waals surface area contributed by atoms with Crippen LogP contribution in [0.2, 0.25) is 0 Å². The summed E-state index contributed by atoms with van der Waals surface area (Å²) in [6, 6.07) is 4.97. The molecule has 21 heavy (non-hydrogen) atoms. The van der Waals surface area contributed by atoms with Crippen LogP contribution in [-0.4, -0.2) is 49.2 Å². The number of ether oxygens (including phenoxy) is 2. The molecule has 1 aromatic carbocycles. The third-order valence-electron chi connectivity index (χ3n) is 2.86. The fourth-order valence-corrected chi connectivity index (χ4v) is 1.50. The number of amides is 1. The van der Waals surface area contributed by atoms with Crippen molar-refractivity contribution in [1.82, 2.24) is 4.90 Å². The van der Waals surface area contributed by atoms with Gasteiger partial charge in [0.15, 0.2) is 18.1 Å². The average Bonchev–Trinajstić information content (AvgIpc) is 2.49. The Hall–Kier alpha value is -2.50. The number of hydrogen-bond donors (Lipinski definition) is 1. The minimum Gasteiger partial charge on any atom is -0.493 e. The molecule has 6 heteroatoms. The molecule has 0 radical (unpaired) electrons. The van der Waals surface area contributed by atoms with Crippen molar-refractivity contribution >= 4 is 18.0 Å². The van der Waals surface area contributed by atoms with Gasteiger partial charge in [-0.05, 0) is 30.7 Å². The van der Waals surface area contributed by atoms with E-state index in [2.05, 4.69) is 0 Å². The van der Waals surface area contributed by atoms with Crippen molar-refractivity contribution in [2.75, 3.05) is 27.3 Å². The molecule has 0 saturated carbocycles. The SMILES string of the molecule is CCN(C)C(=O)COc1ccc(/C=C/C(=O)O)cc1OC. The number of carbonyl (C=O) groups is 2. The smallest absolute Gasteiger partial charge is 0.328 e. The molecule has 1 amide bonds. The van der Waals surface area contributed by atoms with E-state index >= 15 is 0 Å². The summed E-state index contributed by atoms with van der Waals surface area (Å²) in [6.45, 7) is 2.41. The van der Waals surface area contributed by atoms with Gasteiger partial charge in [0.05, 0.1) is 7.11 Å². The number of aliphatic carboxylic acids is 1. The van der Waals surface area contributed by atoms with Gasteiger partial charge in [0.1, 0.15) is 0 Å². The summed E-state index contributed by atoms with van der Waals surface area (Å²) in [5, 5.41) is 8.59. The van der Waals surface area contributed by atoms with Crippen LogP contribution >= 0.6 is 0 Å². The topological polar surface area (TPSA) is 76.1 Å². The molecule has 0 aliphatic carbocycles. The summed E-state index contributed by atoms with van der Waals surface area (Å²) in [5.41, 5.74) is 0.665. The molecule has 114 valence electrons. The van der Waals surface area contributed by atoms with Crippen molar-refractivity contribution in [2.24, 2.45) is 0 Å². The summed E-state index contributed by atoms with van der Waals surface area (Å²) in [6.07, 6.45) is 2.49. The zero-order valence-corrected chi connectivity index (χ0v) is 12.3. The Balaban J connectivity index is 2.79. The van der Waals surface area contributed by atoms with Crippen LogP contribution in [0.1, 0.15) is 12.5 Å². The lowest BCUT2D eigenvalue weighted by Gasteiger charge is -2.16. The highest BCUT2D eigenvalue weighted by atomic mass is 16.5. The first-order valence-electron chi connectivity index (χ1n) is 6.43. The molecule has 1 rings (SSSR count). The Bertz CT molecular complexity index is 539. The van der Waals surface area contributed by atoms with E-state index < -0.39 is 5.97 Å². The van der Waals surface area contributed by atoms with Crippen LogP contribution in [0, 0.1) is 0 Å². The van der Waals surface area contributed by atoms with E-state index in [-0.39, 0.29) is 12.5 Å². The van der Waals surface area contributed by atoms with Crippen LogP contribution in [0.5, 0.6) is 11.5 Å². The van der Waals surface area contributed by atoms with Crippen LogP contribution in [0.3, 0.4) is 0 Å². The van der Waals surface area contributed by atoms with Crippen molar-refractivity contribution in [3.8, 4) is 11.5 Å². The van der Waals surface area contributed by atoms with Gasteiger partial charge in [0.2, 0.25) is 0 Å². The number of carboxylic acids is 1. The minimum absolute atomic E-state index is 0.0784. The Labute approximate surface area is 123 Å². The second kappa shape index (κ2) is 7.94. The normalized spacial score (nSPS) is 10.4. The molecule has 6 nitrogen and oxygen atoms in total. The summed E-state index contributed by atoms with van der Waals surface area (Å²) < 4.78 is 10.6. The molecule has 1 N–H and O–H groups in total. The van der Waals surface area contributed by atoms with E-state index in [0.29, 0.717) is 23.6 Å². The fraction of sp³-hybridized carbons (Fsp3) is 0.333. The summed E-state index contributed by atoms with van der Waals surface area (Å²) in [4.78, 5) is 23.7. The van der Waals surface area contributed by atoms with Gasteiger partial charge in [-0.15, -0.1) is 0 Å². The van der Waals surface area contributed by atoms with Gasteiger partial charge < -0.3 is 19.5 Å². The fourth-order valence-electron chi connectivity index (χ4n) is 1.50. The highest BCUT2D eigenvalue weighted by molar-refractivity contribution is 5.85. The van der Waals surface area contributed by atoms with Crippen LogP contribution in [-0.2, 0) is 9.59 Å². The number of hydrogen-bond acceptors (Lipinski definition) is 4. The number of carbonyl (C=O) groups excluding carboxylic acids is 1. The Morgan fingerprint density at radius 1 is 1.33 bits per heavy atom. The van der Waals surface area contributed by atoms with Gasteiger partial charge >= 0.3 is 5.97 Å². The van der Waals surface area contributed by atoms with E-state index in [4.69, 9.17) is 14.6 Å². The van der Waals surface area contributed by atoms with Crippen LogP contribution in [0.4, 0.5) is 0 Å². The predicted octanol–water partition coefficient (Wildman–Crippen LogP) is 1.65. The van der Waals surface area contributed by atoms with E-state index in [9.17, 15) is 9.59 Å². The molecule has 0 saturated heterocycles. The maximum atomic E-state index is 11.7.